The first kappa shape index (κ1) is 50.2. The second-order valence-corrected chi connectivity index (χ2v) is 23.5. The standard InChI is InChI=1S/C58H65N3O8S2/c1-8-45(62)20-17-36(3)70-71-58(4,5)22-21-55(64)59(6)44-25-37(33-68-52-31-42-29-51(63)50-28-41-14-10-12-16-49(41)61(50)57(66)46(42)23-35(52)2)24-38(26-44)34-69-54-30-39-18-19-43-27-40-13-9-11-15-48(40)60(43)56(65)47(39)32-53(54)67-7/h9-16,23-26,30-32,36,43,50-51,63H,8,17-22,27-29,33-34H2,1-7H3/t36?,43-,50+,51?/m1/s1. The lowest BCUT2D eigenvalue weighted by molar-refractivity contribution is -0.119. The summed E-state index contributed by atoms with van der Waals surface area (Å²) in [5, 5.41) is 11.8. The van der Waals surface area contributed by atoms with Crippen LogP contribution in [0.15, 0.2) is 91.0 Å². The highest BCUT2D eigenvalue weighted by Crippen LogP contribution is 2.44. The number of rotatable bonds is 18. The Labute approximate surface area is 426 Å². The second-order valence-electron chi connectivity index (χ2n) is 20.2. The highest BCUT2D eigenvalue weighted by Gasteiger charge is 2.42. The van der Waals surface area contributed by atoms with E-state index >= 15 is 0 Å². The van der Waals surface area contributed by atoms with Gasteiger partial charge in [-0.2, -0.15) is 0 Å². The number of hydrogen-bond donors (Lipinski definition) is 1. The van der Waals surface area contributed by atoms with E-state index < -0.39 is 6.10 Å². The van der Waals surface area contributed by atoms with E-state index in [4.69, 9.17) is 14.2 Å². The molecular weight excluding hydrogens is 931 g/mol. The number of carbonyl (C=O) groups excluding carboxylic acids is 4. The molecule has 0 radical (unpaired) electrons. The Hall–Kier alpha value is -5.76. The van der Waals surface area contributed by atoms with Gasteiger partial charge in [-0.15, -0.1) is 0 Å². The van der Waals surface area contributed by atoms with Gasteiger partial charge in [-0.3, -0.25) is 19.2 Å². The molecule has 0 bridgehead atoms. The molecule has 11 nitrogen and oxygen atoms in total. The Morgan fingerprint density at radius 2 is 1.42 bits per heavy atom. The van der Waals surface area contributed by atoms with E-state index in [0.29, 0.717) is 77.8 Å². The zero-order chi connectivity index (χ0) is 50.1. The SMILES string of the molecule is CCC(=O)CCC(C)SSC(C)(C)CCC(=O)N(C)c1cc(COc2cc3c(cc2C)C(=O)N2c4ccccc4C[C@H]2C(O)C3)cc(COc2cc3c(cc2OC)C(=O)N2c4ccccc4C[C@H]2CC3)c1. The van der Waals surface area contributed by atoms with Crippen LogP contribution >= 0.6 is 21.6 Å². The van der Waals surface area contributed by atoms with E-state index in [-0.39, 0.29) is 53.5 Å². The molecule has 2 unspecified atom stereocenters. The van der Waals surface area contributed by atoms with Gasteiger partial charge >= 0.3 is 0 Å². The first-order valence-corrected chi connectivity index (χ1v) is 27.2. The van der Waals surface area contributed by atoms with Crippen LogP contribution in [0.4, 0.5) is 17.1 Å². The smallest absolute Gasteiger partial charge is 0.258 e. The van der Waals surface area contributed by atoms with Crippen molar-refractivity contribution in [1.29, 1.82) is 0 Å². The predicted octanol–water partition coefficient (Wildman–Crippen LogP) is 11.2. The maximum Gasteiger partial charge on any atom is 0.258 e. The summed E-state index contributed by atoms with van der Waals surface area (Å²) in [6, 6.07) is 29.2. The average molecular weight is 996 g/mol. The van der Waals surface area contributed by atoms with Crippen LogP contribution in [0.1, 0.15) is 126 Å². The number of hydrogen-bond acceptors (Lipinski definition) is 10. The van der Waals surface area contributed by atoms with Gasteiger partial charge in [-0.25, -0.2) is 0 Å². The van der Waals surface area contributed by atoms with E-state index in [1.807, 2.05) is 104 Å². The minimum atomic E-state index is -0.752. The zero-order valence-electron chi connectivity index (χ0n) is 41.9. The average Bonchev–Trinajstić information content (AvgIpc) is 3.89. The fourth-order valence-electron chi connectivity index (χ4n) is 10.4. The maximum absolute atomic E-state index is 14.2. The molecule has 4 heterocycles. The highest BCUT2D eigenvalue weighted by molar-refractivity contribution is 8.77. The van der Waals surface area contributed by atoms with Crippen LogP contribution in [0.2, 0.25) is 0 Å². The maximum atomic E-state index is 14.2. The molecule has 4 aliphatic heterocycles. The number of ether oxygens (including phenoxy) is 3. The molecular formula is C58H65N3O8S2. The number of anilines is 3. The molecule has 13 heteroatoms. The van der Waals surface area contributed by atoms with Gasteiger partial charge in [0.15, 0.2) is 11.5 Å². The minimum absolute atomic E-state index is 0.0247. The van der Waals surface area contributed by atoms with Crippen LogP contribution in [0.3, 0.4) is 0 Å². The fraction of sp³-hybridized carbons (Fsp3) is 0.414. The Morgan fingerprint density at radius 3 is 2.13 bits per heavy atom. The molecule has 0 saturated heterocycles. The van der Waals surface area contributed by atoms with E-state index in [0.717, 1.165) is 70.4 Å². The number of aryl methyl sites for hydroxylation is 2. The van der Waals surface area contributed by atoms with Crippen molar-refractivity contribution in [3.8, 4) is 17.2 Å². The van der Waals surface area contributed by atoms with Crippen molar-refractivity contribution >= 4 is 62.2 Å². The van der Waals surface area contributed by atoms with Gasteiger partial charge in [0.05, 0.1) is 19.3 Å². The number of methoxy groups -OCH3 is 1. The molecule has 4 aliphatic rings. The summed E-state index contributed by atoms with van der Waals surface area (Å²) in [6.07, 6.45) is 5.54. The zero-order valence-corrected chi connectivity index (χ0v) is 43.6. The fourth-order valence-corrected chi connectivity index (χ4v) is 13.1. The van der Waals surface area contributed by atoms with Crippen molar-refractivity contribution in [1.82, 2.24) is 0 Å². The van der Waals surface area contributed by atoms with E-state index in [1.165, 1.54) is 5.56 Å². The van der Waals surface area contributed by atoms with Crippen molar-refractivity contribution in [2.24, 2.45) is 0 Å². The molecule has 0 saturated carbocycles. The number of para-hydroxylation sites is 2. The Bertz CT molecular complexity index is 2860. The van der Waals surface area contributed by atoms with Crippen molar-refractivity contribution in [2.45, 2.75) is 140 Å². The third kappa shape index (κ3) is 10.7. The Kier molecular flexibility index (Phi) is 14.9. The third-order valence-electron chi connectivity index (χ3n) is 14.6. The quantitative estimate of drug-likeness (QED) is 0.0848. The molecule has 0 aromatic heterocycles. The van der Waals surface area contributed by atoms with Gasteiger partial charge in [0.2, 0.25) is 5.91 Å². The second kappa shape index (κ2) is 21.1. The monoisotopic (exact) mass is 995 g/mol. The van der Waals surface area contributed by atoms with E-state index in [2.05, 4.69) is 26.8 Å². The number of nitrogens with zero attached hydrogens (tertiary/aromatic N) is 3. The Balaban J connectivity index is 0.948. The predicted molar refractivity (Wildman–Crippen MR) is 285 cm³/mol. The van der Waals surface area contributed by atoms with Crippen LogP contribution in [-0.2, 0) is 48.5 Å². The largest absolute Gasteiger partial charge is 0.493 e. The first-order chi connectivity index (χ1) is 34.1. The lowest BCUT2D eigenvalue weighted by Gasteiger charge is -2.26. The number of Topliss-reactive ketones (excluding diaryl/α,β-unsaturated/α-hetero) is 1. The number of amides is 3. The summed E-state index contributed by atoms with van der Waals surface area (Å²) in [4.78, 5) is 59.7. The van der Waals surface area contributed by atoms with Gasteiger partial charge in [0.25, 0.3) is 11.8 Å². The molecule has 3 amide bonds. The van der Waals surface area contributed by atoms with Gasteiger partial charge in [0.1, 0.15) is 24.7 Å². The van der Waals surface area contributed by atoms with Gasteiger partial charge in [-0.1, -0.05) is 71.8 Å². The number of fused-ring (bicyclic) bond motifs is 8. The molecule has 0 fully saturated rings. The van der Waals surface area contributed by atoms with Gasteiger partial charge < -0.3 is 34.0 Å². The topological polar surface area (TPSA) is 126 Å². The molecule has 0 spiro atoms. The van der Waals surface area contributed by atoms with Crippen molar-refractivity contribution in [3.63, 3.8) is 0 Å². The number of aliphatic hydroxyl groups is 1. The molecule has 5 aromatic carbocycles. The van der Waals surface area contributed by atoms with Crippen LogP contribution in [0, 0.1) is 6.92 Å². The minimum Gasteiger partial charge on any atom is -0.493 e. The van der Waals surface area contributed by atoms with Crippen LogP contribution in [0.25, 0.3) is 0 Å². The number of aliphatic hydroxyl groups excluding tert-OH is 1. The summed E-state index contributed by atoms with van der Waals surface area (Å²) in [5.41, 5.74) is 10.0. The van der Waals surface area contributed by atoms with Crippen molar-refractivity contribution < 1.29 is 38.5 Å². The number of benzene rings is 5. The molecule has 9 rings (SSSR count). The first-order valence-electron chi connectivity index (χ1n) is 25.0. The molecule has 5 aromatic rings. The number of ketones is 1. The normalized spacial score (nSPS) is 18.3. The summed E-state index contributed by atoms with van der Waals surface area (Å²) in [7, 11) is 6.93. The highest BCUT2D eigenvalue weighted by atomic mass is 33.1. The van der Waals surface area contributed by atoms with E-state index in [1.54, 1.807) is 45.5 Å². The molecule has 0 aliphatic carbocycles. The lowest BCUT2D eigenvalue weighted by atomic mass is 9.96. The summed E-state index contributed by atoms with van der Waals surface area (Å²) >= 11 is 0. The van der Waals surface area contributed by atoms with Crippen LogP contribution < -0.4 is 28.9 Å². The van der Waals surface area contributed by atoms with Crippen molar-refractivity contribution in [3.05, 3.63) is 141 Å². The summed E-state index contributed by atoms with van der Waals surface area (Å²) in [5.74, 6) is 1.71. The number of carbonyl (C=O) groups is 4. The summed E-state index contributed by atoms with van der Waals surface area (Å²) < 4.78 is 18.9. The molecule has 372 valence electrons. The van der Waals surface area contributed by atoms with Gasteiger partial charge in [0, 0.05) is 77.0 Å². The van der Waals surface area contributed by atoms with E-state index in [9.17, 15) is 24.3 Å². The van der Waals surface area contributed by atoms with Crippen LogP contribution in [0.5, 0.6) is 17.2 Å². The van der Waals surface area contributed by atoms with Gasteiger partial charge in [-0.05, 0) is 153 Å². The lowest BCUT2D eigenvalue weighted by Crippen LogP contribution is -2.43. The molecule has 1 N–H and O–H groups in total. The third-order valence-corrected chi connectivity index (χ3v) is 18.5. The molecule has 71 heavy (non-hydrogen) atoms. The van der Waals surface area contributed by atoms with Crippen molar-refractivity contribution in [2.75, 3.05) is 28.9 Å². The molecule has 4 atom stereocenters. The summed E-state index contributed by atoms with van der Waals surface area (Å²) in [6.45, 7) is 10.6. The Morgan fingerprint density at radius 1 is 0.789 bits per heavy atom. The van der Waals surface area contributed by atoms with Crippen LogP contribution in [-0.4, -0.2) is 71.0 Å².